The van der Waals surface area contributed by atoms with Crippen LogP contribution in [0.3, 0.4) is 0 Å². The molecule has 0 bridgehead atoms. The zero-order valence-corrected chi connectivity index (χ0v) is 13.5. The van der Waals surface area contributed by atoms with Crippen LogP contribution in [-0.4, -0.2) is 29.5 Å². The third-order valence-corrected chi connectivity index (χ3v) is 6.09. The number of aromatic nitrogens is 2. The van der Waals surface area contributed by atoms with Crippen LogP contribution in [0.2, 0.25) is 0 Å². The highest BCUT2D eigenvalue weighted by atomic mass is 79.9. The fourth-order valence-electron chi connectivity index (χ4n) is 2.62. The summed E-state index contributed by atoms with van der Waals surface area (Å²) >= 11 is 9.01. The molecule has 2 aromatic rings. The molecule has 0 radical (unpaired) electrons. The fraction of sp³-hybridized carbons (Fsp3) is 0.417. The largest absolute Gasteiger partial charge is 0.323 e. The Hall–Kier alpha value is -0.660. The number of benzene rings is 1. The number of alkyl halides is 1. The molecule has 3 rings (SSSR count). The molecule has 1 aromatic carbocycles. The SMILES string of the molecule is O=S1(=O)CCC(n2c(CCl)nc3cc(Br)c(F)cc32)C1. The first-order valence-corrected chi connectivity index (χ1v) is 9.18. The van der Waals surface area contributed by atoms with E-state index in [1.54, 1.807) is 10.6 Å². The first-order valence-electron chi connectivity index (χ1n) is 6.03. The summed E-state index contributed by atoms with van der Waals surface area (Å²) in [4.78, 5) is 4.36. The zero-order chi connectivity index (χ0) is 14.5. The van der Waals surface area contributed by atoms with Gasteiger partial charge in [-0.25, -0.2) is 17.8 Å². The predicted octanol–water partition coefficient (Wildman–Crippen LogP) is 3.04. The standard InChI is InChI=1S/C12H11BrClFN2O2S/c13-8-3-10-11(4-9(8)15)17(12(5-14)16-10)7-1-2-20(18,19)6-7/h3-4,7H,1-2,5-6H2. The van der Waals surface area contributed by atoms with Crippen LogP contribution in [0, 0.1) is 5.82 Å². The second-order valence-electron chi connectivity index (χ2n) is 4.84. The number of rotatable bonds is 2. The van der Waals surface area contributed by atoms with Gasteiger partial charge in [0, 0.05) is 6.07 Å². The van der Waals surface area contributed by atoms with E-state index in [-0.39, 0.29) is 23.4 Å². The lowest BCUT2D eigenvalue weighted by Gasteiger charge is -2.14. The van der Waals surface area contributed by atoms with Gasteiger partial charge in [-0.1, -0.05) is 0 Å². The highest BCUT2D eigenvalue weighted by Gasteiger charge is 2.31. The summed E-state index contributed by atoms with van der Waals surface area (Å²) in [7, 11) is -3.03. The van der Waals surface area contributed by atoms with Crippen molar-refractivity contribution < 1.29 is 12.8 Å². The molecule has 1 atom stereocenters. The second-order valence-corrected chi connectivity index (χ2v) is 8.19. The Kier molecular flexibility index (Phi) is 3.54. The minimum Gasteiger partial charge on any atom is -0.323 e. The summed E-state index contributed by atoms with van der Waals surface area (Å²) in [6.45, 7) is 0. The van der Waals surface area contributed by atoms with Crippen molar-refractivity contribution in [3.05, 3.63) is 28.2 Å². The predicted molar refractivity (Wildman–Crippen MR) is 79.3 cm³/mol. The van der Waals surface area contributed by atoms with Gasteiger partial charge in [0.25, 0.3) is 0 Å². The van der Waals surface area contributed by atoms with Gasteiger partial charge < -0.3 is 4.57 Å². The summed E-state index contributed by atoms with van der Waals surface area (Å²) in [5, 5.41) is 0. The van der Waals surface area contributed by atoms with E-state index >= 15 is 0 Å². The van der Waals surface area contributed by atoms with E-state index < -0.39 is 15.7 Å². The van der Waals surface area contributed by atoms with Crippen molar-refractivity contribution in [3.63, 3.8) is 0 Å². The van der Waals surface area contributed by atoms with Crippen LogP contribution in [0.1, 0.15) is 18.3 Å². The smallest absolute Gasteiger partial charge is 0.152 e. The fourth-order valence-corrected chi connectivity index (χ4v) is 4.84. The molecule has 0 aliphatic carbocycles. The van der Waals surface area contributed by atoms with Gasteiger partial charge in [0.05, 0.1) is 38.9 Å². The van der Waals surface area contributed by atoms with Crippen LogP contribution in [-0.2, 0) is 15.7 Å². The summed E-state index contributed by atoms with van der Waals surface area (Å²) in [6, 6.07) is 2.73. The van der Waals surface area contributed by atoms with Gasteiger partial charge in [0.2, 0.25) is 0 Å². The first-order chi connectivity index (χ1) is 9.41. The lowest BCUT2D eigenvalue weighted by molar-refractivity contribution is 0.552. The van der Waals surface area contributed by atoms with Gasteiger partial charge >= 0.3 is 0 Å². The molecule has 4 nitrogen and oxygen atoms in total. The van der Waals surface area contributed by atoms with E-state index in [4.69, 9.17) is 11.6 Å². The van der Waals surface area contributed by atoms with Crippen LogP contribution >= 0.6 is 27.5 Å². The number of sulfone groups is 1. The Morgan fingerprint density at radius 3 is 2.85 bits per heavy atom. The average molecular weight is 382 g/mol. The van der Waals surface area contributed by atoms with Gasteiger partial charge in [0.15, 0.2) is 9.84 Å². The number of hydrogen-bond donors (Lipinski definition) is 0. The maximum atomic E-state index is 13.7. The average Bonchev–Trinajstić information content (AvgIpc) is 2.90. The third kappa shape index (κ3) is 2.35. The van der Waals surface area contributed by atoms with Gasteiger partial charge in [0.1, 0.15) is 11.6 Å². The van der Waals surface area contributed by atoms with Gasteiger partial charge in [-0.15, -0.1) is 11.6 Å². The minimum atomic E-state index is -3.03. The van der Waals surface area contributed by atoms with E-state index in [2.05, 4.69) is 20.9 Å². The highest BCUT2D eigenvalue weighted by Crippen LogP contribution is 2.32. The number of imidazole rings is 1. The molecule has 20 heavy (non-hydrogen) atoms. The Morgan fingerprint density at radius 1 is 1.50 bits per heavy atom. The molecule has 1 unspecified atom stereocenters. The molecule has 0 saturated carbocycles. The van der Waals surface area contributed by atoms with Gasteiger partial charge in [-0.05, 0) is 28.4 Å². The van der Waals surface area contributed by atoms with Crippen LogP contribution in [0.5, 0.6) is 0 Å². The lowest BCUT2D eigenvalue weighted by atomic mass is 10.2. The van der Waals surface area contributed by atoms with E-state index in [9.17, 15) is 12.8 Å². The van der Waals surface area contributed by atoms with Crippen LogP contribution < -0.4 is 0 Å². The third-order valence-electron chi connectivity index (χ3n) is 3.50. The summed E-state index contributed by atoms with van der Waals surface area (Å²) in [6.07, 6.45) is 0.509. The second kappa shape index (κ2) is 4.96. The molecule has 8 heteroatoms. The Balaban J connectivity index is 2.20. The molecule has 0 amide bonds. The van der Waals surface area contributed by atoms with Crippen molar-refractivity contribution in [1.29, 1.82) is 0 Å². The van der Waals surface area contributed by atoms with Crippen LogP contribution in [0.4, 0.5) is 4.39 Å². The highest BCUT2D eigenvalue weighted by molar-refractivity contribution is 9.10. The van der Waals surface area contributed by atoms with Crippen LogP contribution in [0.15, 0.2) is 16.6 Å². The Labute approximate surface area is 129 Å². The van der Waals surface area contributed by atoms with Crippen molar-refractivity contribution >= 4 is 48.4 Å². The monoisotopic (exact) mass is 380 g/mol. The Morgan fingerprint density at radius 2 is 2.25 bits per heavy atom. The first kappa shape index (κ1) is 14.3. The zero-order valence-electron chi connectivity index (χ0n) is 10.3. The molecule has 1 saturated heterocycles. The molecule has 0 N–H and O–H groups in total. The molecule has 1 aliphatic heterocycles. The number of hydrogen-bond acceptors (Lipinski definition) is 3. The van der Waals surface area contributed by atoms with E-state index in [1.807, 2.05) is 0 Å². The Bertz CT molecular complexity index is 790. The topological polar surface area (TPSA) is 52.0 Å². The van der Waals surface area contributed by atoms with Crippen LogP contribution in [0.25, 0.3) is 11.0 Å². The molecular weight excluding hydrogens is 371 g/mol. The molecule has 1 fully saturated rings. The summed E-state index contributed by atoms with van der Waals surface area (Å²) in [5.41, 5.74) is 1.20. The van der Waals surface area contributed by atoms with Crippen molar-refractivity contribution in [2.75, 3.05) is 11.5 Å². The summed E-state index contributed by atoms with van der Waals surface area (Å²) in [5.74, 6) is 0.532. The maximum Gasteiger partial charge on any atom is 0.152 e. The minimum absolute atomic E-state index is 0.0556. The van der Waals surface area contributed by atoms with Gasteiger partial charge in [-0.3, -0.25) is 0 Å². The van der Waals surface area contributed by atoms with Crippen molar-refractivity contribution in [2.24, 2.45) is 0 Å². The molecule has 108 valence electrons. The quantitative estimate of drug-likeness (QED) is 0.751. The van der Waals surface area contributed by atoms with Crippen molar-refractivity contribution in [1.82, 2.24) is 9.55 Å². The van der Waals surface area contributed by atoms with E-state index in [1.165, 1.54) is 6.07 Å². The number of nitrogens with zero attached hydrogens (tertiary/aromatic N) is 2. The van der Waals surface area contributed by atoms with Crippen molar-refractivity contribution in [2.45, 2.75) is 18.3 Å². The van der Waals surface area contributed by atoms with Gasteiger partial charge in [-0.2, -0.15) is 0 Å². The lowest BCUT2D eigenvalue weighted by Crippen LogP contribution is -2.13. The number of fused-ring (bicyclic) bond motifs is 1. The van der Waals surface area contributed by atoms with E-state index in [0.29, 0.717) is 27.8 Å². The molecule has 1 aromatic heterocycles. The number of halogens is 3. The maximum absolute atomic E-state index is 13.7. The molecule has 1 aliphatic rings. The van der Waals surface area contributed by atoms with Crippen molar-refractivity contribution in [3.8, 4) is 0 Å². The normalized spacial score (nSPS) is 21.6. The molecule has 0 spiro atoms. The van der Waals surface area contributed by atoms with E-state index in [0.717, 1.165) is 0 Å². The summed E-state index contributed by atoms with van der Waals surface area (Å²) < 4.78 is 39.1. The molecular formula is C12H11BrClFN2O2S. The molecule has 2 heterocycles.